The van der Waals surface area contributed by atoms with Gasteiger partial charge in [0.25, 0.3) is 5.91 Å². The summed E-state index contributed by atoms with van der Waals surface area (Å²) in [6.07, 6.45) is 5.64. The first-order valence-corrected chi connectivity index (χ1v) is 8.28. The Bertz CT molecular complexity index is 607. The fraction of sp³-hybridized carbons (Fsp3) is 0.368. The van der Waals surface area contributed by atoms with Gasteiger partial charge in [-0.1, -0.05) is 30.3 Å². The Kier molecular flexibility index (Phi) is 5.37. The summed E-state index contributed by atoms with van der Waals surface area (Å²) in [6, 6.07) is 14.2. The zero-order valence-electron chi connectivity index (χ0n) is 13.4. The molecular formula is C19H23N3O. The molecule has 3 rings (SSSR count). The summed E-state index contributed by atoms with van der Waals surface area (Å²) in [4.78, 5) is 20.8. The number of aryl methyl sites for hydroxylation is 1. The lowest BCUT2D eigenvalue weighted by Gasteiger charge is -2.34. The molecule has 120 valence electrons. The largest absolute Gasteiger partial charge is 0.336 e. The van der Waals surface area contributed by atoms with E-state index in [4.69, 9.17) is 0 Å². The average molecular weight is 309 g/mol. The highest BCUT2D eigenvalue weighted by molar-refractivity contribution is 5.94. The van der Waals surface area contributed by atoms with Gasteiger partial charge in [0.1, 0.15) is 0 Å². The van der Waals surface area contributed by atoms with Crippen molar-refractivity contribution in [1.29, 1.82) is 0 Å². The number of hydrogen-bond donors (Lipinski definition) is 0. The van der Waals surface area contributed by atoms with Gasteiger partial charge >= 0.3 is 0 Å². The van der Waals surface area contributed by atoms with Crippen molar-refractivity contribution in [2.24, 2.45) is 0 Å². The first-order chi connectivity index (χ1) is 11.3. The first-order valence-electron chi connectivity index (χ1n) is 8.28. The van der Waals surface area contributed by atoms with E-state index in [9.17, 15) is 4.79 Å². The molecule has 1 aromatic heterocycles. The van der Waals surface area contributed by atoms with Crippen LogP contribution in [0.25, 0.3) is 0 Å². The van der Waals surface area contributed by atoms with Crippen molar-refractivity contribution in [3.05, 3.63) is 66.0 Å². The highest BCUT2D eigenvalue weighted by Crippen LogP contribution is 2.09. The molecule has 1 aliphatic heterocycles. The van der Waals surface area contributed by atoms with Gasteiger partial charge in [0.15, 0.2) is 0 Å². The summed E-state index contributed by atoms with van der Waals surface area (Å²) in [5.74, 6) is 0.122. The van der Waals surface area contributed by atoms with Gasteiger partial charge in [-0.05, 0) is 37.1 Å². The average Bonchev–Trinajstić information content (AvgIpc) is 2.63. The summed E-state index contributed by atoms with van der Waals surface area (Å²) in [7, 11) is 0. The van der Waals surface area contributed by atoms with Crippen LogP contribution in [0.15, 0.2) is 54.9 Å². The van der Waals surface area contributed by atoms with Gasteiger partial charge in [0, 0.05) is 44.1 Å². The van der Waals surface area contributed by atoms with Crippen LogP contribution in [-0.2, 0) is 6.42 Å². The van der Waals surface area contributed by atoms with E-state index in [2.05, 4.69) is 40.2 Å². The lowest BCUT2D eigenvalue weighted by Crippen LogP contribution is -2.48. The van der Waals surface area contributed by atoms with Crippen molar-refractivity contribution in [1.82, 2.24) is 14.8 Å². The lowest BCUT2D eigenvalue weighted by molar-refractivity contribution is 0.0636. The number of hydrogen-bond acceptors (Lipinski definition) is 3. The van der Waals surface area contributed by atoms with Crippen molar-refractivity contribution < 1.29 is 4.79 Å². The van der Waals surface area contributed by atoms with Crippen LogP contribution in [0.1, 0.15) is 22.3 Å². The third kappa shape index (κ3) is 4.39. The maximum atomic E-state index is 12.4. The molecule has 1 aromatic carbocycles. The summed E-state index contributed by atoms with van der Waals surface area (Å²) < 4.78 is 0. The van der Waals surface area contributed by atoms with Crippen molar-refractivity contribution in [2.75, 3.05) is 32.7 Å². The Morgan fingerprint density at radius 2 is 1.65 bits per heavy atom. The summed E-state index contributed by atoms with van der Waals surface area (Å²) >= 11 is 0. The van der Waals surface area contributed by atoms with E-state index in [0.717, 1.165) is 44.7 Å². The van der Waals surface area contributed by atoms with Crippen molar-refractivity contribution in [3.8, 4) is 0 Å². The maximum absolute atomic E-state index is 12.4. The van der Waals surface area contributed by atoms with E-state index in [-0.39, 0.29) is 5.91 Å². The van der Waals surface area contributed by atoms with Crippen molar-refractivity contribution in [2.45, 2.75) is 12.8 Å². The van der Waals surface area contributed by atoms with E-state index in [1.165, 1.54) is 12.0 Å². The van der Waals surface area contributed by atoms with Crippen LogP contribution in [0.3, 0.4) is 0 Å². The second kappa shape index (κ2) is 7.88. The normalized spacial score (nSPS) is 15.6. The van der Waals surface area contributed by atoms with E-state index >= 15 is 0 Å². The minimum absolute atomic E-state index is 0.122. The quantitative estimate of drug-likeness (QED) is 0.851. The fourth-order valence-electron chi connectivity index (χ4n) is 3.00. The molecule has 0 radical (unpaired) electrons. The Hall–Kier alpha value is -2.20. The van der Waals surface area contributed by atoms with E-state index < -0.39 is 0 Å². The van der Waals surface area contributed by atoms with Crippen LogP contribution in [0.4, 0.5) is 0 Å². The van der Waals surface area contributed by atoms with Crippen LogP contribution in [-0.4, -0.2) is 53.4 Å². The second-order valence-corrected chi connectivity index (χ2v) is 5.96. The van der Waals surface area contributed by atoms with Crippen LogP contribution < -0.4 is 0 Å². The number of carbonyl (C=O) groups is 1. The van der Waals surface area contributed by atoms with Crippen LogP contribution in [0.5, 0.6) is 0 Å². The molecular weight excluding hydrogens is 286 g/mol. The van der Waals surface area contributed by atoms with Crippen LogP contribution >= 0.6 is 0 Å². The molecule has 1 aliphatic rings. The standard InChI is InChI=1S/C19H23N3O/c23-19(18-8-10-20-11-9-18)22-15-13-21(14-16-22)12-4-7-17-5-2-1-3-6-17/h1-3,5-6,8-11H,4,7,12-16H2. The highest BCUT2D eigenvalue weighted by atomic mass is 16.2. The zero-order valence-corrected chi connectivity index (χ0v) is 13.4. The predicted molar refractivity (Wildman–Crippen MR) is 91.3 cm³/mol. The van der Waals surface area contributed by atoms with Gasteiger partial charge in [0.05, 0.1) is 0 Å². The number of rotatable bonds is 5. The number of carbonyl (C=O) groups excluding carboxylic acids is 1. The molecule has 0 spiro atoms. The fourth-order valence-corrected chi connectivity index (χ4v) is 3.00. The van der Waals surface area contributed by atoms with Crippen molar-refractivity contribution in [3.63, 3.8) is 0 Å². The van der Waals surface area contributed by atoms with Gasteiger partial charge in [-0.15, -0.1) is 0 Å². The maximum Gasteiger partial charge on any atom is 0.254 e. The van der Waals surface area contributed by atoms with Crippen molar-refractivity contribution >= 4 is 5.91 Å². The minimum Gasteiger partial charge on any atom is -0.336 e. The van der Waals surface area contributed by atoms with Crippen LogP contribution in [0.2, 0.25) is 0 Å². The van der Waals surface area contributed by atoms with E-state index in [1.54, 1.807) is 24.5 Å². The molecule has 4 heteroatoms. The molecule has 4 nitrogen and oxygen atoms in total. The Balaban J connectivity index is 1.41. The summed E-state index contributed by atoms with van der Waals surface area (Å²) in [6.45, 7) is 4.66. The lowest BCUT2D eigenvalue weighted by atomic mass is 10.1. The first kappa shape index (κ1) is 15.7. The number of pyridine rings is 1. The molecule has 0 bridgehead atoms. The second-order valence-electron chi connectivity index (χ2n) is 5.96. The molecule has 0 atom stereocenters. The Morgan fingerprint density at radius 1 is 0.957 bits per heavy atom. The molecule has 0 unspecified atom stereocenters. The van der Waals surface area contributed by atoms with E-state index in [1.807, 2.05) is 4.90 Å². The molecule has 0 saturated carbocycles. The molecule has 1 saturated heterocycles. The third-order valence-electron chi connectivity index (χ3n) is 4.37. The van der Waals surface area contributed by atoms with E-state index in [0.29, 0.717) is 0 Å². The zero-order chi connectivity index (χ0) is 15.9. The van der Waals surface area contributed by atoms with Gasteiger partial charge < -0.3 is 4.90 Å². The Labute approximate surface area is 137 Å². The number of benzene rings is 1. The summed E-state index contributed by atoms with van der Waals surface area (Å²) in [5.41, 5.74) is 2.14. The Morgan fingerprint density at radius 3 is 2.35 bits per heavy atom. The monoisotopic (exact) mass is 309 g/mol. The SMILES string of the molecule is O=C(c1ccncc1)N1CCN(CCCc2ccccc2)CC1. The number of piperazine rings is 1. The number of nitrogens with zero attached hydrogens (tertiary/aromatic N) is 3. The number of aromatic nitrogens is 1. The minimum atomic E-state index is 0.122. The molecule has 1 fully saturated rings. The van der Waals surface area contributed by atoms with Gasteiger partial charge in [-0.25, -0.2) is 0 Å². The highest BCUT2D eigenvalue weighted by Gasteiger charge is 2.21. The molecule has 1 amide bonds. The van der Waals surface area contributed by atoms with Crippen LogP contribution in [0, 0.1) is 0 Å². The van der Waals surface area contributed by atoms with Gasteiger partial charge in [0.2, 0.25) is 0 Å². The van der Waals surface area contributed by atoms with Gasteiger partial charge in [-0.2, -0.15) is 0 Å². The topological polar surface area (TPSA) is 36.4 Å². The molecule has 2 aromatic rings. The molecule has 23 heavy (non-hydrogen) atoms. The molecule has 0 aliphatic carbocycles. The molecule has 2 heterocycles. The van der Waals surface area contributed by atoms with Gasteiger partial charge in [-0.3, -0.25) is 14.7 Å². The smallest absolute Gasteiger partial charge is 0.254 e. The molecule has 0 N–H and O–H groups in total. The number of amides is 1. The predicted octanol–water partition coefficient (Wildman–Crippen LogP) is 2.47. The third-order valence-corrected chi connectivity index (χ3v) is 4.37. The summed E-state index contributed by atoms with van der Waals surface area (Å²) in [5, 5.41) is 0.